The first-order chi connectivity index (χ1) is 9.28. The topological polar surface area (TPSA) is 72.2 Å². The van der Waals surface area contributed by atoms with Crippen LogP contribution >= 0.6 is 11.6 Å². The Morgan fingerprint density at radius 3 is 2.25 bits per heavy atom. The second-order valence-corrected chi connectivity index (χ2v) is 6.03. The van der Waals surface area contributed by atoms with Gasteiger partial charge < -0.3 is 5.73 Å². The van der Waals surface area contributed by atoms with Crippen molar-refractivity contribution in [3.8, 4) is 0 Å². The third-order valence-corrected chi connectivity index (χ3v) is 4.05. The number of nitrogens with two attached hydrogens (primary N) is 1. The predicted molar refractivity (Wildman–Crippen MR) is 73.0 cm³/mol. The van der Waals surface area contributed by atoms with Crippen molar-refractivity contribution in [2.75, 3.05) is 10.5 Å². The Hall–Kier alpha value is -1.86. The summed E-state index contributed by atoms with van der Waals surface area (Å²) in [4.78, 5) is -0.269. The van der Waals surface area contributed by atoms with Crippen molar-refractivity contribution in [2.45, 2.75) is 4.90 Å². The second-order valence-electron chi connectivity index (χ2n) is 3.95. The molecule has 0 saturated carbocycles. The SMILES string of the molecule is Nc1ccc(Cl)cc1S(=O)(=O)Nc1cc(F)cc(F)c1. The minimum Gasteiger partial charge on any atom is -0.398 e. The van der Waals surface area contributed by atoms with Gasteiger partial charge in [0.15, 0.2) is 0 Å². The molecule has 0 radical (unpaired) electrons. The molecule has 0 saturated heterocycles. The van der Waals surface area contributed by atoms with Crippen molar-refractivity contribution in [3.05, 3.63) is 53.1 Å². The first kappa shape index (κ1) is 14.5. The molecule has 0 spiro atoms. The van der Waals surface area contributed by atoms with Crippen LogP contribution in [0.2, 0.25) is 5.02 Å². The van der Waals surface area contributed by atoms with Crippen molar-refractivity contribution in [1.82, 2.24) is 0 Å². The Morgan fingerprint density at radius 1 is 1.05 bits per heavy atom. The number of halogens is 3. The maximum atomic E-state index is 13.0. The van der Waals surface area contributed by atoms with Crippen LogP contribution in [-0.4, -0.2) is 8.42 Å². The van der Waals surface area contributed by atoms with Crippen LogP contribution in [0.4, 0.5) is 20.2 Å². The molecule has 0 amide bonds. The van der Waals surface area contributed by atoms with Crippen molar-refractivity contribution >= 4 is 33.0 Å². The molecule has 0 aliphatic carbocycles. The van der Waals surface area contributed by atoms with E-state index in [0.29, 0.717) is 6.07 Å². The quantitative estimate of drug-likeness (QED) is 0.854. The van der Waals surface area contributed by atoms with E-state index in [-0.39, 0.29) is 21.3 Å². The van der Waals surface area contributed by atoms with E-state index in [9.17, 15) is 17.2 Å². The van der Waals surface area contributed by atoms with Crippen molar-refractivity contribution < 1.29 is 17.2 Å². The summed E-state index contributed by atoms with van der Waals surface area (Å²) in [6.07, 6.45) is 0. The van der Waals surface area contributed by atoms with Gasteiger partial charge in [-0.1, -0.05) is 11.6 Å². The molecule has 3 N–H and O–H groups in total. The molecule has 20 heavy (non-hydrogen) atoms. The number of benzene rings is 2. The summed E-state index contributed by atoms with van der Waals surface area (Å²) in [5, 5.41) is 0.171. The molecule has 2 aromatic rings. The predicted octanol–water partition coefficient (Wildman–Crippen LogP) is 3.00. The lowest BCUT2D eigenvalue weighted by Crippen LogP contribution is -2.15. The number of hydrogen-bond donors (Lipinski definition) is 2. The molecule has 0 bridgehead atoms. The number of nitrogens with one attached hydrogen (secondary N) is 1. The number of anilines is 2. The largest absolute Gasteiger partial charge is 0.398 e. The maximum Gasteiger partial charge on any atom is 0.263 e. The van der Waals surface area contributed by atoms with Gasteiger partial charge in [-0.05, 0) is 30.3 Å². The van der Waals surface area contributed by atoms with E-state index in [4.69, 9.17) is 17.3 Å². The molecule has 0 aromatic heterocycles. The van der Waals surface area contributed by atoms with E-state index < -0.39 is 21.7 Å². The van der Waals surface area contributed by atoms with Gasteiger partial charge in [-0.15, -0.1) is 0 Å². The van der Waals surface area contributed by atoms with Crippen molar-refractivity contribution in [3.63, 3.8) is 0 Å². The van der Waals surface area contributed by atoms with Crippen molar-refractivity contribution in [2.24, 2.45) is 0 Å². The van der Waals surface area contributed by atoms with Crippen LogP contribution in [0.15, 0.2) is 41.3 Å². The van der Waals surface area contributed by atoms with E-state index in [2.05, 4.69) is 0 Å². The monoisotopic (exact) mass is 318 g/mol. The van der Waals surface area contributed by atoms with Crippen molar-refractivity contribution in [1.29, 1.82) is 0 Å². The zero-order valence-electron chi connectivity index (χ0n) is 9.90. The first-order valence-electron chi connectivity index (χ1n) is 5.32. The van der Waals surface area contributed by atoms with Gasteiger partial charge in [-0.25, -0.2) is 17.2 Å². The van der Waals surface area contributed by atoms with Gasteiger partial charge in [-0.3, -0.25) is 4.72 Å². The number of hydrogen-bond acceptors (Lipinski definition) is 3. The molecule has 2 rings (SSSR count). The normalized spacial score (nSPS) is 11.3. The van der Waals surface area contributed by atoms with Gasteiger partial charge in [0, 0.05) is 11.1 Å². The van der Waals surface area contributed by atoms with Crippen LogP contribution < -0.4 is 10.5 Å². The Kier molecular flexibility index (Phi) is 3.82. The molecule has 0 aliphatic rings. The fourth-order valence-corrected chi connectivity index (χ4v) is 3.00. The zero-order valence-corrected chi connectivity index (χ0v) is 11.5. The fraction of sp³-hybridized carbons (Fsp3) is 0. The van der Waals surface area contributed by atoms with E-state index in [1.165, 1.54) is 12.1 Å². The molecule has 0 aliphatic heterocycles. The molecule has 8 heteroatoms. The minimum atomic E-state index is -4.09. The Balaban J connectivity index is 2.43. The third-order valence-electron chi connectivity index (χ3n) is 2.38. The van der Waals surface area contributed by atoms with E-state index in [1.807, 2.05) is 4.72 Å². The summed E-state index contributed by atoms with van der Waals surface area (Å²) >= 11 is 5.71. The summed E-state index contributed by atoms with van der Waals surface area (Å²) in [6, 6.07) is 6.23. The molecule has 106 valence electrons. The van der Waals surface area contributed by atoms with Gasteiger partial charge in [0.1, 0.15) is 16.5 Å². The van der Waals surface area contributed by atoms with Crippen LogP contribution in [0.3, 0.4) is 0 Å². The number of rotatable bonds is 3. The molecule has 0 atom stereocenters. The fourth-order valence-electron chi connectivity index (χ4n) is 1.56. The Morgan fingerprint density at radius 2 is 1.65 bits per heavy atom. The Labute approximate surface area is 119 Å². The minimum absolute atomic E-state index is 0.0289. The smallest absolute Gasteiger partial charge is 0.263 e. The van der Waals surface area contributed by atoms with Gasteiger partial charge in [0.05, 0.1) is 11.4 Å². The lowest BCUT2D eigenvalue weighted by molar-refractivity contribution is 0.584. The highest BCUT2D eigenvalue weighted by Crippen LogP contribution is 2.25. The van der Waals surface area contributed by atoms with Crippen LogP contribution in [-0.2, 0) is 10.0 Å². The standard InChI is InChI=1S/C12H9ClF2N2O2S/c13-7-1-2-11(16)12(3-7)20(18,19)17-10-5-8(14)4-9(15)6-10/h1-6,17H,16H2. The molecular weight excluding hydrogens is 310 g/mol. The van der Waals surface area contributed by atoms with Crippen LogP contribution in [0.25, 0.3) is 0 Å². The summed E-state index contributed by atoms with van der Waals surface area (Å²) in [7, 11) is -4.09. The highest BCUT2D eigenvalue weighted by Gasteiger charge is 2.18. The van der Waals surface area contributed by atoms with Gasteiger partial charge in [0.2, 0.25) is 0 Å². The second kappa shape index (κ2) is 5.26. The van der Waals surface area contributed by atoms with E-state index in [0.717, 1.165) is 18.2 Å². The zero-order chi connectivity index (χ0) is 14.9. The summed E-state index contributed by atoms with van der Waals surface area (Å²) < 4.78 is 52.3. The van der Waals surface area contributed by atoms with Crippen LogP contribution in [0.5, 0.6) is 0 Å². The average Bonchev–Trinajstić information content (AvgIpc) is 2.30. The van der Waals surface area contributed by atoms with Gasteiger partial charge in [0.25, 0.3) is 10.0 Å². The van der Waals surface area contributed by atoms with E-state index in [1.54, 1.807) is 0 Å². The molecule has 0 fully saturated rings. The van der Waals surface area contributed by atoms with Crippen LogP contribution in [0, 0.1) is 11.6 Å². The summed E-state index contributed by atoms with van der Waals surface area (Å²) in [5.74, 6) is -1.80. The van der Waals surface area contributed by atoms with E-state index >= 15 is 0 Å². The summed E-state index contributed by atoms with van der Waals surface area (Å²) in [6.45, 7) is 0. The van der Waals surface area contributed by atoms with Gasteiger partial charge in [-0.2, -0.15) is 0 Å². The first-order valence-corrected chi connectivity index (χ1v) is 7.18. The molecule has 0 unspecified atom stereocenters. The molecule has 0 heterocycles. The average molecular weight is 319 g/mol. The van der Waals surface area contributed by atoms with Crippen LogP contribution in [0.1, 0.15) is 0 Å². The lowest BCUT2D eigenvalue weighted by Gasteiger charge is -2.10. The third kappa shape index (κ3) is 3.17. The number of sulfonamides is 1. The highest BCUT2D eigenvalue weighted by molar-refractivity contribution is 7.92. The number of nitrogen functional groups attached to an aromatic ring is 1. The molecule has 4 nitrogen and oxygen atoms in total. The summed E-state index contributed by atoms with van der Waals surface area (Å²) in [5.41, 5.74) is 5.29. The highest BCUT2D eigenvalue weighted by atomic mass is 35.5. The maximum absolute atomic E-state index is 13.0. The lowest BCUT2D eigenvalue weighted by atomic mass is 10.3. The van der Waals surface area contributed by atoms with Gasteiger partial charge >= 0.3 is 0 Å². The Bertz CT molecular complexity index is 746. The molecular formula is C12H9ClF2N2O2S. The molecule has 2 aromatic carbocycles.